The van der Waals surface area contributed by atoms with Crippen molar-refractivity contribution < 1.29 is 9.46 Å². The molecule has 3 heteroatoms. The Balaban J connectivity index is 2.36. The average molecular weight is 216 g/mol. The quantitative estimate of drug-likeness (QED) is 0.721. The molecule has 0 heterocycles. The number of benzene rings is 2. The van der Waals surface area contributed by atoms with Gasteiger partial charge in [0, 0.05) is 0 Å². The van der Waals surface area contributed by atoms with Crippen molar-refractivity contribution in [3.63, 3.8) is 0 Å². The minimum absolute atomic E-state index is 0.352. The molecule has 0 aliphatic rings. The second kappa shape index (κ2) is 4.35. The van der Waals surface area contributed by atoms with Crippen molar-refractivity contribution in [2.24, 2.45) is 0 Å². The van der Waals surface area contributed by atoms with Gasteiger partial charge in [0.2, 0.25) is 0 Å². The van der Waals surface area contributed by atoms with E-state index >= 15 is 0 Å². The molecule has 74 valence electrons. The molecule has 1 atom stereocenters. The van der Waals surface area contributed by atoms with Gasteiger partial charge in [0.1, 0.15) is 0 Å². The number of hydrogen-bond acceptors (Lipinski definition) is 2. The van der Waals surface area contributed by atoms with E-state index in [0.717, 1.165) is 11.1 Å². The van der Waals surface area contributed by atoms with Gasteiger partial charge in [-0.15, -0.1) is 0 Å². The summed E-state index contributed by atoms with van der Waals surface area (Å²) >= 11 is 0. The first-order valence-electron chi connectivity index (χ1n) is 4.57. The van der Waals surface area contributed by atoms with E-state index in [2.05, 4.69) is 0 Å². The highest BCUT2D eigenvalue weighted by Gasteiger charge is 2.06. The Morgan fingerprint density at radius 1 is 0.800 bits per heavy atom. The smallest absolute Gasteiger partial charge is 0.348 e. The summed E-state index contributed by atoms with van der Waals surface area (Å²) in [6, 6.07) is 16.7. The molecule has 0 aliphatic carbocycles. The SMILES string of the molecule is O=[P+]([O-])c1ccc(-c2ccccc2)cc1. The van der Waals surface area contributed by atoms with Gasteiger partial charge in [0.15, 0.2) is 5.30 Å². The summed E-state index contributed by atoms with van der Waals surface area (Å²) in [6.07, 6.45) is 0. The zero-order chi connectivity index (χ0) is 10.7. The molecule has 2 nitrogen and oxygen atoms in total. The maximum atomic E-state index is 10.7. The zero-order valence-electron chi connectivity index (χ0n) is 7.96. The molecule has 0 bridgehead atoms. The third-order valence-electron chi connectivity index (χ3n) is 2.19. The first-order chi connectivity index (χ1) is 7.27. The summed E-state index contributed by atoms with van der Waals surface area (Å²) in [5.41, 5.74) is 2.11. The standard InChI is InChI=1S/C12H9O2P/c13-15(14)12-8-6-11(7-9-12)10-4-2-1-3-5-10/h1-9H. The van der Waals surface area contributed by atoms with E-state index in [4.69, 9.17) is 0 Å². The Bertz CT molecular complexity index is 463. The van der Waals surface area contributed by atoms with Crippen molar-refractivity contribution >= 4 is 13.3 Å². The normalized spacial score (nSPS) is 11.1. The van der Waals surface area contributed by atoms with Gasteiger partial charge in [-0.3, -0.25) is 0 Å². The highest BCUT2D eigenvalue weighted by Crippen LogP contribution is 2.19. The first kappa shape index (κ1) is 10.0. The summed E-state index contributed by atoms with van der Waals surface area (Å²) < 4.78 is 10.7. The number of hydrogen-bond donors (Lipinski definition) is 0. The summed E-state index contributed by atoms with van der Waals surface area (Å²) in [6.45, 7) is 0. The van der Waals surface area contributed by atoms with Crippen molar-refractivity contribution in [1.82, 2.24) is 0 Å². The van der Waals surface area contributed by atoms with Crippen molar-refractivity contribution in [1.29, 1.82) is 0 Å². The van der Waals surface area contributed by atoms with Crippen molar-refractivity contribution in [2.75, 3.05) is 0 Å². The van der Waals surface area contributed by atoms with Gasteiger partial charge in [-0.25, -0.2) is 0 Å². The Labute approximate surface area is 89.1 Å². The maximum Gasteiger partial charge on any atom is 0.348 e. The maximum absolute atomic E-state index is 10.7. The first-order valence-corrected chi connectivity index (χ1v) is 5.75. The van der Waals surface area contributed by atoms with E-state index in [1.54, 1.807) is 12.1 Å². The fourth-order valence-electron chi connectivity index (χ4n) is 1.41. The largest absolute Gasteiger partial charge is 0.591 e. The molecule has 0 N–H and O–H groups in total. The summed E-state index contributed by atoms with van der Waals surface area (Å²) in [7, 11) is -2.48. The van der Waals surface area contributed by atoms with Crippen LogP contribution in [-0.4, -0.2) is 0 Å². The molecule has 0 fully saturated rings. The fraction of sp³-hybridized carbons (Fsp3) is 0. The van der Waals surface area contributed by atoms with Crippen molar-refractivity contribution in [2.45, 2.75) is 0 Å². The van der Waals surface area contributed by atoms with Gasteiger partial charge in [-0.05, 0) is 35.4 Å². The van der Waals surface area contributed by atoms with Gasteiger partial charge in [0.05, 0.1) is 0 Å². The van der Waals surface area contributed by atoms with Crippen molar-refractivity contribution in [3.8, 4) is 11.1 Å². The van der Waals surface area contributed by atoms with Crippen LogP contribution in [0.15, 0.2) is 54.6 Å². The second-order valence-corrected chi connectivity index (χ2v) is 4.20. The van der Waals surface area contributed by atoms with Gasteiger partial charge < -0.3 is 4.89 Å². The van der Waals surface area contributed by atoms with Crippen LogP contribution in [0.2, 0.25) is 0 Å². The minimum atomic E-state index is -2.48. The van der Waals surface area contributed by atoms with Crippen LogP contribution in [0.25, 0.3) is 11.1 Å². The summed E-state index contributed by atoms with van der Waals surface area (Å²) in [5, 5.41) is 0.352. The van der Waals surface area contributed by atoms with Gasteiger partial charge in [0.25, 0.3) is 0 Å². The van der Waals surface area contributed by atoms with Crippen LogP contribution >= 0.6 is 8.03 Å². The molecule has 15 heavy (non-hydrogen) atoms. The minimum Gasteiger partial charge on any atom is -0.591 e. The molecule has 0 aliphatic heterocycles. The molecule has 0 amide bonds. The Kier molecular flexibility index (Phi) is 2.91. The molecule has 0 spiro atoms. The van der Waals surface area contributed by atoms with Gasteiger partial charge in [-0.2, -0.15) is 0 Å². The average Bonchev–Trinajstić information content (AvgIpc) is 2.30. The van der Waals surface area contributed by atoms with E-state index < -0.39 is 8.03 Å². The third kappa shape index (κ3) is 2.30. The topological polar surface area (TPSA) is 40.1 Å². The van der Waals surface area contributed by atoms with Crippen LogP contribution in [0.1, 0.15) is 0 Å². The highest BCUT2D eigenvalue weighted by atomic mass is 31.1. The Hall–Kier alpha value is -1.50. The second-order valence-electron chi connectivity index (χ2n) is 3.17. The molecule has 0 radical (unpaired) electrons. The predicted molar refractivity (Wildman–Crippen MR) is 59.1 cm³/mol. The lowest BCUT2D eigenvalue weighted by molar-refractivity contribution is -0.160. The van der Waals surface area contributed by atoms with Gasteiger partial charge >= 0.3 is 8.03 Å². The molecule has 1 unspecified atom stereocenters. The zero-order valence-corrected chi connectivity index (χ0v) is 8.85. The van der Waals surface area contributed by atoms with Gasteiger partial charge in [-0.1, -0.05) is 34.9 Å². The van der Waals surface area contributed by atoms with Crippen LogP contribution < -0.4 is 10.2 Å². The number of rotatable bonds is 2. The van der Waals surface area contributed by atoms with Crippen LogP contribution in [0, 0.1) is 0 Å². The lowest BCUT2D eigenvalue weighted by atomic mass is 10.1. The molecule has 2 rings (SSSR count). The molecule has 2 aromatic rings. The highest BCUT2D eigenvalue weighted by molar-refractivity contribution is 7.45. The monoisotopic (exact) mass is 216 g/mol. The van der Waals surface area contributed by atoms with Crippen LogP contribution in [0.3, 0.4) is 0 Å². The van der Waals surface area contributed by atoms with E-state index in [1.165, 1.54) is 0 Å². The van der Waals surface area contributed by atoms with Crippen LogP contribution in [0.5, 0.6) is 0 Å². The van der Waals surface area contributed by atoms with Crippen molar-refractivity contribution in [3.05, 3.63) is 54.6 Å². The lowest BCUT2D eigenvalue weighted by Gasteiger charge is -1.99. The molecule has 0 saturated heterocycles. The van der Waals surface area contributed by atoms with E-state index in [0.29, 0.717) is 5.30 Å². The summed E-state index contributed by atoms with van der Waals surface area (Å²) in [5.74, 6) is 0. The van der Waals surface area contributed by atoms with E-state index in [9.17, 15) is 9.46 Å². The lowest BCUT2D eigenvalue weighted by Crippen LogP contribution is -2.03. The van der Waals surface area contributed by atoms with Crippen LogP contribution in [-0.2, 0) is 4.57 Å². The Morgan fingerprint density at radius 3 is 1.87 bits per heavy atom. The third-order valence-corrected chi connectivity index (χ3v) is 2.91. The predicted octanol–water partition coefficient (Wildman–Crippen LogP) is 2.08. The summed E-state index contributed by atoms with van der Waals surface area (Å²) in [4.78, 5) is 10.7. The van der Waals surface area contributed by atoms with E-state index in [-0.39, 0.29) is 0 Å². The van der Waals surface area contributed by atoms with E-state index in [1.807, 2.05) is 42.5 Å². The molecular weight excluding hydrogens is 207 g/mol. The van der Waals surface area contributed by atoms with Crippen LogP contribution in [0.4, 0.5) is 0 Å². The molecule has 0 saturated carbocycles. The molecule has 0 aromatic heterocycles. The fourth-order valence-corrected chi connectivity index (χ4v) is 1.80. The molecular formula is C12H9O2P. The molecule has 2 aromatic carbocycles. The Morgan fingerprint density at radius 2 is 1.33 bits per heavy atom.